The molecule has 0 saturated carbocycles. The van der Waals surface area contributed by atoms with Gasteiger partial charge in [-0.25, -0.2) is 4.79 Å². The van der Waals surface area contributed by atoms with Crippen molar-refractivity contribution in [1.82, 2.24) is 10.2 Å². The SMILES string of the molecule is COc1ccc(OCCN2CCNC2=O)c(Br)c1. The zero-order chi connectivity index (χ0) is 13.0. The lowest BCUT2D eigenvalue weighted by molar-refractivity contribution is 0.202. The summed E-state index contributed by atoms with van der Waals surface area (Å²) in [6.07, 6.45) is 0. The van der Waals surface area contributed by atoms with Gasteiger partial charge in [0.25, 0.3) is 0 Å². The van der Waals surface area contributed by atoms with Crippen molar-refractivity contribution >= 4 is 22.0 Å². The number of amides is 2. The predicted octanol–water partition coefficient (Wildman–Crippen LogP) is 1.86. The van der Waals surface area contributed by atoms with E-state index in [1.54, 1.807) is 12.0 Å². The van der Waals surface area contributed by atoms with Crippen molar-refractivity contribution < 1.29 is 14.3 Å². The van der Waals surface area contributed by atoms with E-state index in [1.807, 2.05) is 18.2 Å². The quantitative estimate of drug-likeness (QED) is 0.902. The molecule has 6 heteroatoms. The minimum absolute atomic E-state index is 0.0209. The van der Waals surface area contributed by atoms with E-state index in [0.717, 1.165) is 22.5 Å². The highest BCUT2D eigenvalue weighted by Gasteiger charge is 2.18. The Morgan fingerprint density at radius 2 is 2.33 bits per heavy atom. The van der Waals surface area contributed by atoms with Gasteiger partial charge in [0.2, 0.25) is 0 Å². The van der Waals surface area contributed by atoms with Gasteiger partial charge in [0.05, 0.1) is 18.1 Å². The third-order valence-electron chi connectivity index (χ3n) is 2.70. The number of hydrogen-bond donors (Lipinski definition) is 1. The van der Waals surface area contributed by atoms with Crippen molar-refractivity contribution in [2.75, 3.05) is 33.4 Å². The summed E-state index contributed by atoms with van der Waals surface area (Å²) in [5, 5.41) is 2.75. The monoisotopic (exact) mass is 314 g/mol. The van der Waals surface area contributed by atoms with Crippen LogP contribution in [0, 0.1) is 0 Å². The van der Waals surface area contributed by atoms with Crippen LogP contribution in [0.1, 0.15) is 0 Å². The molecule has 5 nitrogen and oxygen atoms in total. The first-order chi connectivity index (χ1) is 8.70. The molecule has 1 aromatic rings. The summed E-state index contributed by atoms with van der Waals surface area (Å²) in [5.74, 6) is 1.52. The Morgan fingerprint density at radius 1 is 1.50 bits per heavy atom. The lowest BCUT2D eigenvalue weighted by Gasteiger charge is -2.15. The van der Waals surface area contributed by atoms with Crippen LogP contribution in [0.4, 0.5) is 4.79 Å². The molecular formula is C12H15BrN2O3. The summed E-state index contributed by atoms with van der Waals surface area (Å²) < 4.78 is 11.6. The van der Waals surface area contributed by atoms with Gasteiger partial charge in [-0.15, -0.1) is 0 Å². The number of benzene rings is 1. The number of carbonyl (C=O) groups excluding carboxylic acids is 1. The van der Waals surface area contributed by atoms with Crippen molar-refractivity contribution in [3.63, 3.8) is 0 Å². The Hall–Kier alpha value is -1.43. The van der Waals surface area contributed by atoms with Crippen molar-refractivity contribution in [3.05, 3.63) is 22.7 Å². The fourth-order valence-corrected chi connectivity index (χ4v) is 2.19. The molecule has 2 rings (SSSR count). The maximum Gasteiger partial charge on any atom is 0.317 e. The Kier molecular flexibility index (Phi) is 4.30. The number of hydrogen-bond acceptors (Lipinski definition) is 3. The van der Waals surface area contributed by atoms with Crippen LogP contribution in [0.2, 0.25) is 0 Å². The Labute approximate surface area is 114 Å². The molecule has 0 bridgehead atoms. The smallest absolute Gasteiger partial charge is 0.317 e. The van der Waals surface area contributed by atoms with E-state index in [-0.39, 0.29) is 6.03 Å². The van der Waals surface area contributed by atoms with Crippen LogP contribution in [0.5, 0.6) is 11.5 Å². The number of nitrogens with one attached hydrogen (secondary N) is 1. The topological polar surface area (TPSA) is 50.8 Å². The number of ether oxygens (including phenoxy) is 2. The zero-order valence-corrected chi connectivity index (χ0v) is 11.7. The maximum absolute atomic E-state index is 11.3. The van der Waals surface area contributed by atoms with Crippen molar-refractivity contribution in [2.24, 2.45) is 0 Å². The number of nitrogens with zero attached hydrogens (tertiary/aromatic N) is 1. The van der Waals surface area contributed by atoms with E-state index in [0.29, 0.717) is 19.7 Å². The molecule has 1 N–H and O–H groups in total. The van der Waals surface area contributed by atoms with Crippen LogP contribution in [0.15, 0.2) is 22.7 Å². The Bertz CT molecular complexity index is 439. The predicted molar refractivity (Wildman–Crippen MR) is 71.2 cm³/mol. The largest absolute Gasteiger partial charge is 0.497 e. The molecule has 1 aromatic carbocycles. The second-order valence-electron chi connectivity index (χ2n) is 3.86. The van der Waals surface area contributed by atoms with E-state index in [2.05, 4.69) is 21.2 Å². The summed E-state index contributed by atoms with van der Waals surface area (Å²) in [6.45, 7) is 2.51. The van der Waals surface area contributed by atoms with Gasteiger partial charge in [0.15, 0.2) is 0 Å². The van der Waals surface area contributed by atoms with Crippen LogP contribution in [0.25, 0.3) is 0 Å². The molecule has 1 saturated heterocycles. The van der Waals surface area contributed by atoms with Crippen molar-refractivity contribution in [3.8, 4) is 11.5 Å². The fourth-order valence-electron chi connectivity index (χ4n) is 1.72. The number of urea groups is 1. The maximum atomic E-state index is 11.3. The van der Waals surface area contributed by atoms with Gasteiger partial charge >= 0.3 is 6.03 Å². The molecule has 18 heavy (non-hydrogen) atoms. The normalized spacial score (nSPS) is 14.6. The lowest BCUT2D eigenvalue weighted by atomic mass is 10.3. The van der Waals surface area contributed by atoms with Gasteiger partial charge in [-0.2, -0.15) is 0 Å². The molecular weight excluding hydrogens is 300 g/mol. The van der Waals surface area contributed by atoms with E-state index in [4.69, 9.17) is 9.47 Å². The molecule has 2 amide bonds. The van der Waals surface area contributed by atoms with Crippen LogP contribution in [0.3, 0.4) is 0 Å². The molecule has 1 aliphatic heterocycles. The van der Waals surface area contributed by atoms with Gasteiger partial charge in [0, 0.05) is 13.1 Å². The minimum atomic E-state index is -0.0209. The molecule has 0 unspecified atom stereocenters. The summed E-state index contributed by atoms with van der Waals surface area (Å²) in [7, 11) is 1.62. The summed E-state index contributed by atoms with van der Waals surface area (Å²) in [4.78, 5) is 13.0. The number of methoxy groups -OCH3 is 1. The second-order valence-corrected chi connectivity index (χ2v) is 4.72. The molecule has 1 fully saturated rings. The van der Waals surface area contributed by atoms with Crippen LogP contribution < -0.4 is 14.8 Å². The lowest BCUT2D eigenvalue weighted by Crippen LogP contribution is -2.31. The van der Waals surface area contributed by atoms with Crippen LogP contribution in [-0.4, -0.2) is 44.3 Å². The fraction of sp³-hybridized carbons (Fsp3) is 0.417. The summed E-state index contributed by atoms with van der Waals surface area (Å²) in [5.41, 5.74) is 0. The van der Waals surface area contributed by atoms with E-state index in [1.165, 1.54) is 0 Å². The first kappa shape index (κ1) is 13.0. The minimum Gasteiger partial charge on any atom is -0.497 e. The third-order valence-corrected chi connectivity index (χ3v) is 3.32. The Morgan fingerprint density at radius 3 is 2.94 bits per heavy atom. The highest BCUT2D eigenvalue weighted by Crippen LogP contribution is 2.28. The van der Waals surface area contributed by atoms with Crippen LogP contribution in [-0.2, 0) is 0 Å². The first-order valence-electron chi connectivity index (χ1n) is 5.70. The zero-order valence-electron chi connectivity index (χ0n) is 10.1. The highest BCUT2D eigenvalue weighted by molar-refractivity contribution is 9.10. The molecule has 0 radical (unpaired) electrons. The molecule has 0 atom stereocenters. The van der Waals surface area contributed by atoms with E-state index >= 15 is 0 Å². The number of carbonyl (C=O) groups is 1. The van der Waals surface area contributed by atoms with E-state index in [9.17, 15) is 4.79 Å². The molecule has 0 aliphatic carbocycles. The second kappa shape index (κ2) is 5.95. The average Bonchev–Trinajstić information content (AvgIpc) is 2.77. The highest BCUT2D eigenvalue weighted by atomic mass is 79.9. The molecule has 1 aliphatic rings. The molecule has 98 valence electrons. The van der Waals surface area contributed by atoms with Crippen molar-refractivity contribution in [2.45, 2.75) is 0 Å². The average molecular weight is 315 g/mol. The van der Waals surface area contributed by atoms with Gasteiger partial charge < -0.3 is 19.7 Å². The van der Waals surface area contributed by atoms with Crippen molar-refractivity contribution in [1.29, 1.82) is 0 Å². The van der Waals surface area contributed by atoms with Gasteiger partial charge in [0.1, 0.15) is 18.1 Å². The number of rotatable bonds is 5. The van der Waals surface area contributed by atoms with Gasteiger partial charge in [-0.3, -0.25) is 0 Å². The first-order valence-corrected chi connectivity index (χ1v) is 6.49. The summed E-state index contributed by atoms with van der Waals surface area (Å²) >= 11 is 3.42. The molecule has 1 heterocycles. The van der Waals surface area contributed by atoms with Crippen LogP contribution >= 0.6 is 15.9 Å². The summed E-state index contributed by atoms with van der Waals surface area (Å²) in [6, 6.07) is 5.50. The Balaban J connectivity index is 1.84. The van der Waals surface area contributed by atoms with Gasteiger partial charge in [-0.05, 0) is 34.1 Å². The van der Waals surface area contributed by atoms with Gasteiger partial charge in [-0.1, -0.05) is 0 Å². The number of halogens is 1. The molecule has 0 aromatic heterocycles. The standard InChI is InChI=1S/C12H15BrN2O3/c1-17-9-2-3-11(10(13)8-9)18-7-6-15-5-4-14-12(15)16/h2-3,8H,4-7H2,1H3,(H,14,16). The molecule has 0 spiro atoms. The third kappa shape index (κ3) is 3.07. The van der Waals surface area contributed by atoms with E-state index < -0.39 is 0 Å².